The van der Waals surface area contributed by atoms with Crippen molar-refractivity contribution in [3.8, 4) is 5.69 Å². The molecule has 7 nitrogen and oxygen atoms in total. The first-order chi connectivity index (χ1) is 14.5. The number of aryl methyl sites for hydroxylation is 2. The Labute approximate surface area is 187 Å². The molecule has 2 amide bonds. The zero-order chi connectivity index (χ0) is 21.5. The van der Waals surface area contributed by atoms with Gasteiger partial charge in [0, 0.05) is 10.2 Å². The molecule has 9 heteroatoms. The van der Waals surface area contributed by atoms with Gasteiger partial charge in [-0.15, -0.1) is 10.2 Å². The van der Waals surface area contributed by atoms with Gasteiger partial charge in [-0.1, -0.05) is 52.8 Å². The first kappa shape index (κ1) is 22.0. The zero-order valence-corrected chi connectivity index (χ0v) is 19.1. The predicted octanol–water partition coefficient (Wildman–Crippen LogP) is 3.75. The molecule has 0 bridgehead atoms. The number of nitrogens with zero attached hydrogens (tertiary/aromatic N) is 3. The van der Waals surface area contributed by atoms with E-state index >= 15 is 0 Å². The summed E-state index contributed by atoms with van der Waals surface area (Å²) in [5, 5.41) is 14.2. The van der Waals surface area contributed by atoms with Gasteiger partial charge in [-0.05, 0) is 48.7 Å². The highest BCUT2D eigenvalue weighted by atomic mass is 79.9. The molecule has 0 saturated heterocycles. The van der Waals surface area contributed by atoms with Gasteiger partial charge in [0.25, 0.3) is 0 Å². The molecular formula is C21H22BrN5O2S. The maximum atomic E-state index is 12.2. The normalized spacial score (nSPS) is 10.6. The van der Waals surface area contributed by atoms with E-state index in [0.717, 1.165) is 27.8 Å². The van der Waals surface area contributed by atoms with Crippen LogP contribution in [0.15, 0.2) is 58.4 Å². The fourth-order valence-electron chi connectivity index (χ4n) is 2.85. The average Bonchev–Trinajstić information content (AvgIpc) is 3.21. The van der Waals surface area contributed by atoms with Crippen LogP contribution in [0, 0.1) is 6.92 Å². The van der Waals surface area contributed by atoms with Crippen LogP contribution < -0.4 is 10.6 Å². The molecule has 2 aromatic carbocycles. The SMILES string of the molecule is CCc1ccccc1-n1cnnc1SCC(=O)NCC(=O)Nc1ccc(Br)cc1C. The summed E-state index contributed by atoms with van der Waals surface area (Å²) < 4.78 is 2.82. The van der Waals surface area contributed by atoms with Gasteiger partial charge in [-0.25, -0.2) is 0 Å². The van der Waals surface area contributed by atoms with Gasteiger partial charge in [0.05, 0.1) is 18.0 Å². The van der Waals surface area contributed by atoms with Gasteiger partial charge in [-0.2, -0.15) is 0 Å². The Hall–Kier alpha value is -2.65. The van der Waals surface area contributed by atoms with Crippen LogP contribution in [0.1, 0.15) is 18.1 Å². The number of anilines is 1. The Morgan fingerprint density at radius 2 is 1.97 bits per heavy atom. The smallest absolute Gasteiger partial charge is 0.243 e. The number of para-hydroxylation sites is 1. The monoisotopic (exact) mass is 487 g/mol. The van der Waals surface area contributed by atoms with Crippen LogP contribution in [0.5, 0.6) is 0 Å². The van der Waals surface area contributed by atoms with E-state index in [0.29, 0.717) is 5.16 Å². The van der Waals surface area contributed by atoms with E-state index in [4.69, 9.17) is 0 Å². The van der Waals surface area contributed by atoms with Gasteiger partial charge >= 0.3 is 0 Å². The van der Waals surface area contributed by atoms with Crippen molar-refractivity contribution < 1.29 is 9.59 Å². The Balaban J connectivity index is 1.52. The van der Waals surface area contributed by atoms with Crippen LogP contribution in [0.25, 0.3) is 5.69 Å². The minimum absolute atomic E-state index is 0.0970. The summed E-state index contributed by atoms with van der Waals surface area (Å²) in [7, 11) is 0. The number of benzene rings is 2. The van der Waals surface area contributed by atoms with Gasteiger partial charge in [-0.3, -0.25) is 14.2 Å². The molecule has 3 aromatic rings. The van der Waals surface area contributed by atoms with Crippen LogP contribution in [-0.2, 0) is 16.0 Å². The van der Waals surface area contributed by atoms with Crippen molar-refractivity contribution in [3.05, 3.63) is 64.4 Å². The molecule has 0 aliphatic heterocycles. The molecule has 0 unspecified atom stereocenters. The van der Waals surface area contributed by atoms with Crippen molar-refractivity contribution in [2.24, 2.45) is 0 Å². The largest absolute Gasteiger partial charge is 0.346 e. The Bertz CT molecular complexity index is 1050. The molecule has 0 fully saturated rings. The summed E-state index contributed by atoms with van der Waals surface area (Å²) in [6.07, 6.45) is 2.52. The Morgan fingerprint density at radius 3 is 2.73 bits per heavy atom. The number of hydrogen-bond donors (Lipinski definition) is 2. The van der Waals surface area contributed by atoms with Crippen LogP contribution in [0.2, 0.25) is 0 Å². The summed E-state index contributed by atoms with van der Waals surface area (Å²) >= 11 is 4.67. The van der Waals surface area contributed by atoms with E-state index in [-0.39, 0.29) is 24.1 Å². The summed E-state index contributed by atoms with van der Waals surface area (Å²) in [6, 6.07) is 13.6. The standard InChI is InChI=1S/C21H22BrN5O2S/c1-3-15-6-4-5-7-18(15)27-13-24-26-21(27)30-12-20(29)23-11-19(28)25-17-9-8-16(22)10-14(17)2/h4-10,13H,3,11-12H2,1-2H3,(H,23,29)(H,25,28). The lowest BCUT2D eigenvalue weighted by Crippen LogP contribution is -2.34. The van der Waals surface area contributed by atoms with Gasteiger partial charge < -0.3 is 10.6 Å². The minimum atomic E-state index is -0.279. The maximum Gasteiger partial charge on any atom is 0.243 e. The molecule has 1 heterocycles. The predicted molar refractivity (Wildman–Crippen MR) is 122 cm³/mol. The molecule has 0 atom stereocenters. The van der Waals surface area contributed by atoms with Gasteiger partial charge in [0.1, 0.15) is 6.33 Å². The lowest BCUT2D eigenvalue weighted by atomic mass is 10.1. The highest BCUT2D eigenvalue weighted by Crippen LogP contribution is 2.22. The van der Waals surface area contributed by atoms with Gasteiger partial charge in [0.15, 0.2) is 5.16 Å². The van der Waals surface area contributed by atoms with Gasteiger partial charge in [0.2, 0.25) is 11.8 Å². The number of thioether (sulfide) groups is 1. The molecule has 1 aromatic heterocycles. The van der Waals surface area contributed by atoms with Crippen molar-refractivity contribution in [1.29, 1.82) is 0 Å². The molecule has 2 N–H and O–H groups in total. The second-order valence-electron chi connectivity index (χ2n) is 6.54. The van der Waals surface area contributed by atoms with E-state index in [1.54, 1.807) is 6.33 Å². The quantitative estimate of drug-likeness (QED) is 0.472. The number of hydrogen-bond acceptors (Lipinski definition) is 5. The van der Waals surface area contributed by atoms with Crippen LogP contribution in [0.4, 0.5) is 5.69 Å². The van der Waals surface area contributed by atoms with Crippen LogP contribution in [0.3, 0.4) is 0 Å². The summed E-state index contributed by atoms with van der Waals surface area (Å²) in [5.41, 5.74) is 3.82. The molecule has 0 saturated carbocycles. The Morgan fingerprint density at radius 1 is 1.17 bits per heavy atom. The molecule has 0 radical (unpaired) electrons. The number of carbonyl (C=O) groups excluding carboxylic acids is 2. The lowest BCUT2D eigenvalue weighted by Gasteiger charge is -2.11. The highest BCUT2D eigenvalue weighted by molar-refractivity contribution is 9.10. The fraction of sp³-hybridized carbons (Fsp3) is 0.238. The van der Waals surface area contributed by atoms with E-state index in [2.05, 4.69) is 49.8 Å². The number of halogens is 1. The topological polar surface area (TPSA) is 88.9 Å². The van der Waals surface area contributed by atoms with E-state index in [1.165, 1.54) is 17.3 Å². The number of rotatable bonds is 8. The molecule has 0 spiro atoms. The molecule has 30 heavy (non-hydrogen) atoms. The molecule has 0 aliphatic rings. The number of aromatic nitrogens is 3. The molecule has 0 aliphatic carbocycles. The van der Waals surface area contributed by atoms with E-state index in [9.17, 15) is 9.59 Å². The summed E-state index contributed by atoms with van der Waals surface area (Å²) in [6.45, 7) is 3.90. The van der Waals surface area contributed by atoms with E-state index < -0.39 is 0 Å². The van der Waals surface area contributed by atoms with Crippen molar-refractivity contribution >= 4 is 45.2 Å². The van der Waals surface area contributed by atoms with Crippen molar-refractivity contribution in [2.75, 3.05) is 17.6 Å². The second kappa shape index (κ2) is 10.4. The number of carbonyl (C=O) groups is 2. The third-order valence-corrected chi connectivity index (χ3v) is 5.83. The number of nitrogens with one attached hydrogen (secondary N) is 2. The summed E-state index contributed by atoms with van der Waals surface area (Å²) in [4.78, 5) is 24.3. The highest BCUT2D eigenvalue weighted by Gasteiger charge is 2.13. The number of amides is 2. The first-order valence-corrected chi connectivity index (χ1v) is 11.2. The molecular weight excluding hydrogens is 466 g/mol. The van der Waals surface area contributed by atoms with Crippen molar-refractivity contribution in [2.45, 2.75) is 25.4 Å². The third kappa shape index (κ3) is 5.70. The first-order valence-electron chi connectivity index (χ1n) is 9.41. The van der Waals surface area contributed by atoms with Crippen LogP contribution in [-0.4, -0.2) is 38.9 Å². The van der Waals surface area contributed by atoms with Crippen LogP contribution >= 0.6 is 27.7 Å². The van der Waals surface area contributed by atoms with Crippen molar-refractivity contribution in [1.82, 2.24) is 20.1 Å². The molecule has 156 valence electrons. The Kier molecular flexibility index (Phi) is 7.64. The lowest BCUT2D eigenvalue weighted by molar-refractivity contribution is -0.122. The fourth-order valence-corrected chi connectivity index (χ4v) is 4.08. The maximum absolute atomic E-state index is 12.2. The summed E-state index contributed by atoms with van der Waals surface area (Å²) in [5.74, 6) is -0.391. The third-order valence-electron chi connectivity index (χ3n) is 4.39. The van der Waals surface area contributed by atoms with E-state index in [1.807, 2.05) is 47.9 Å². The second-order valence-corrected chi connectivity index (χ2v) is 8.40. The zero-order valence-electron chi connectivity index (χ0n) is 16.7. The molecule has 3 rings (SSSR count). The van der Waals surface area contributed by atoms with Crippen molar-refractivity contribution in [3.63, 3.8) is 0 Å². The average molecular weight is 488 g/mol. The minimum Gasteiger partial charge on any atom is -0.346 e.